The summed E-state index contributed by atoms with van der Waals surface area (Å²) in [7, 11) is 0. The van der Waals surface area contributed by atoms with Gasteiger partial charge in [0.25, 0.3) is 0 Å². The molecule has 0 spiro atoms. The van der Waals surface area contributed by atoms with Crippen LogP contribution in [0.4, 0.5) is 0 Å². The van der Waals surface area contributed by atoms with Crippen LogP contribution in [0.1, 0.15) is 18.5 Å². The third-order valence-electron chi connectivity index (χ3n) is 2.05. The number of hydrogen-bond donors (Lipinski definition) is 3. The second-order valence-electron chi connectivity index (χ2n) is 3.47. The fourth-order valence-electron chi connectivity index (χ4n) is 1.23. The Morgan fingerprint density at radius 2 is 2.07 bits per heavy atom. The largest absolute Gasteiger partial charge is 0.490 e. The Balaban J connectivity index is 2.67. The van der Waals surface area contributed by atoms with Crippen molar-refractivity contribution in [1.29, 1.82) is 0 Å². The van der Waals surface area contributed by atoms with E-state index in [9.17, 15) is 0 Å². The van der Waals surface area contributed by atoms with E-state index in [2.05, 4.69) is 0 Å². The van der Waals surface area contributed by atoms with Crippen molar-refractivity contribution in [1.82, 2.24) is 0 Å². The number of hydrogen-bond acceptors (Lipinski definition) is 4. The molecule has 0 aliphatic heterocycles. The summed E-state index contributed by atoms with van der Waals surface area (Å²) in [6.45, 7) is 1.63. The van der Waals surface area contributed by atoms with E-state index in [0.717, 1.165) is 5.56 Å². The van der Waals surface area contributed by atoms with Gasteiger partial charge in [0.05, 0.1) is 6.61 Å². The molecule has 2 atom stereocenters. The molecular formula is C11H17NO3. The average Bonchev–Trinajstić information content (AvgIpc) is 2.26. The highest BCUT2D eigenvalue weighted by Crippen LogP contribution is 2.23. The minimum absolute atomic E-state index is 0.0697. The topological polar surface area (TPSA) is 75.7 Å². The molecule has 15 heavy (non-hydrogen) atoms. The summed E-state index contributed by atoms with van der Waals surface area (Å²) in [5.74, 6) is 0.653. The van der Waals surface area contributed by atoms with Crippen LogP contribution < -0.4 is 10.5 Å². The van der Waals surface area contributed by atoms with Gasteiger partial charge in [0, 0.05) is 11.6 Å². The first-order valence-corrected chi connectivity index (χ1v) is 4.91. The summed E-state index contributed by atoms with van der Waals surface area (Å²) in [6, 6.07) is 7.28. The number of nitrogens with two attached hydrogens (primary N) is 1. The van der Waals surface area contributed by atoms with Crippen LogP contribution in [0.3, 0.4) is 0 Å². The van der Waals surface area contributed by atoms with Gasteiger partial charge in [-0.25, -0.2) is 0 Å². The van der Waals surface area contributed by atoms with Crippen LogP contribution >= 0.6 is 0 Å². The van der Waals surface area contributed by atoms with Gasteiger partial charge in [-0.05, 0) is 13.0 Å². The van der Waals surface area contributed by atoms with Crippen LogP contribution in [0.2, 0.25) is 0 Å². The van der Waals surface area contributed by atoms with Crippen molar-refractivity contribution in [2.75, 3.05) is 13.2 Å². The minimum atomic E-state index is -0.855. The maximum absolute atomic E-state index is 9.14. The summed E-state index contributed by atoms with van der Waals surface area (Å²) in [4.78, 5) is 0. The molecule has 0 radical (unpaired) electrons. The Bertz CT molecular complexity index is 302. The first-order valence-electron chi connectivity index (χ1n) is 4.91. The molecule has 1 aromatic carbocycles. The van der Waals surface area contributed by atoms with Gasteiger partial charge in [-0.15, -0.1) is 0 Å². The summed E-state index contributed by atoms with van der Waals surface area (Å²) in [6.07, 6.45) is -0.855. The predicted molar refractivity (Wildman–Crippen MR) is 57.6 cm³/mol. The van der Waals surface area contributed by atoms with Gasteiger partial charge in [-0.2, -0.15) is 0 Å². The van der Waals surface area contributed by atoms with E-state index >= 15 is 0 Å². The number of benzene rings is 1. The van der Waals surface area contributed by atoms with E-state index < -0.39 is 6.10 Å². The zero-order chi connectivity index (χ0) is 11.3. The molecule has 0 aliphatic carbocycles. The van der Waals surface area contributed by atoms with Crippen molar-refractivity contribution in [3.63, 3.8) is 0 Å². The van der Waals surface area contributed by atoms with Crippen LogP contribution in [-0.2, 0) is 0 Å². The Kier molecular flexibility index (Phi) is 4.55. The molecule has 0 saturated heterocycles. The zero-order valence-electron chi connectivity index (χ0n) is 8.76. The summed E-state index contributed by atoms with van der Waals surface area (Å²) >= 11 is 0. The Labute approximate surface area is 89.3 Å². The van der Waals surface area contributed by atoms with E-state index in [1.165, 1.54) is 0 Å². The Morgan fingerprint density at radius 3 is 2.67 bits per heavy atom. The molecular weight excluding hydrogens is 194 g/mol. The number of aliphatic hydroxyl groups is 2. The number of para-hydroxylation sites is 1. The highest BCUT2D eigenvalue weighted by Gasteiger charge is 2.09. The molecule has 4 N–H and O–H groups in total. The molecule has 4 heteroatoms. The molecule has 0 aromatic heterocycles. The van der Waals surface area contributed by atoms with Crippen molar-refractivity contribution in [3.05, 3.63) is 29.8 Å². The van der Waals surface area contributed by atoms with Crippen LogP contribution in [0, 0.1) is 0 Å². The SMILES string of the molecule is C[C@H](N)c1ccccc1OCC(O)CO. The molecule has 0 fully saturated rings. The van der Waals surface area contributed by atoms with E-state index in [1.54, 1.807) is 6.07 Å². The van der Waals surface area contributed by atoms with E-state index in [1.807, 2.05) is 25.1 Å². The third kappa shape index (κ3) is 3.51. The van der Waals surface area contributed by atoms with E-state index in [0.29, 0.717) is 5.75 Å². The average molecular weight is 211 g/mol. The second-order valence-corrected chi connectivity index (χ2v) is 3.47. The standard InChI is InChI=1S/C11H17NO3/c1-8(12)10-4-2-3-5-11(10)15-7-9(14)6-13/h2-5,8-9,13-14H,6-7,12H2,1H3/t8-,9?/m0/s1. The Morgan fingerprint density at radius 1 is 1.40 bits per heavy atom. The van der Waals surface area contributed by atoms with Crippen LogP contribution in [0.25, 0.3) is 0 Å². The number of aliphatic hydroxyl groups excluding tert-OH is 2. The quantitative estimate of drug-likeness (QED) is 0.660. The highest BCUT2D eigenvalue weighted by molar-refractivity contribution is 5.35. The molecule has 1 unspecified atom stereocenters. The van der Waals surface area contributed by atoms with Gasteiger partial charge in [0.15, 0.2) is 0 Å². The van der Waals surface area contributed by atoms with Gasteiger partial charge >= 0.3 is 0 Å². The molecule has 0 amide bonds. The lowest BCUT2D eigenvalue weighted by Crippen LogP contribution is -2.22. The first kappa shape index (κ1) is 12.0. The molecule has 0 saturated carbocycles. The summed E-state index contributed by atoms with van der Waals surface area (Å²) in [5.41, 5.74) is 6.65. The lowest BCUT2D eigenvalue weighted by molar-refractivity contribution is 0.0532. The van der Waals surface area contributed by atoms with Crippen molar-refractivity contribution < 1.29 is 14.9 Å². The number of ether oxygens (including phenoxy) is 1. The Hall–Kier alpha value is -1.10. The molecule has 1 aromatic rings. The predicted octanol–water partition coefficient (Wildman–Crippen LogP) is 0.438. The molecule has 1 rings (SSSR count). The summed E-state index contributed by atoms with van der Waals surface area (Å²) in [5, 5.41) is 17.8. The highest BCUT2D eigenvalue weighted by atomic mass is 16.5. The van der Waals surface area contributed by atoms with Gasteiger partial charge in [-0.1, -0.05) is 18.2 Å². The number of rotatable bonds is 5. The van der Waals surface area contributed by atoms with Crippen LogP contribution in [-0.4, -0.2) is 29.5 Å². The molecule has 0 aliphatic rings. The molecule has 4 nitrogen and oxygen atoms in total. The fourth-order valence-corrected chi connectivity index (χ4v) is 1.23. The van der Waals surface area contributed by atoms with Gasteiger partial charge in [-0.3, -0.25) is 0 Å². The van der Waals surface area contributed by atoms with Gasteiger partial charge < -0.3 is 20.7 Å². The smallest absolute Gasteiger partial charge is 0.124 e. The van der Waals surface area contributed by atoms with Gasteiger partial charge in [0.1, 0.15) is 18.5 Å². The lowest BCUT2D eigenvalue weighted by atomic mass is 10.1. The van der Waals surface area contributed by atoms with Crippen molar-refractivity contribution >= 4 is 0 Å². The van der Waals surface area contributed by atoms with Gasteiger partial charge in [0.2, 0.25) is 0 Å². The van der Waals surface area contributed by atoms with Crippen LogP contribution in [0.5, 0.6) is 5.75 Å². The van der Waals surface area contributed by atoms with Crippen molar-refractivity contribution in [2.24, 2.45) is 5.73 Å². The monoisotopic (exact) mass is 211 g/mol. The fraction of sp³-hybridized carbons (Fsp3) is 0.455. The zero-order valence-corrected chi connectivity index (χ0v) is 8.76. The lowest BCUT2D eigenvalue weighted by Gasteiger charge is -2.15. The van der Waals surface area contributed by atoms with E-state index in [4.69, 9.17) is 20.7 Å². The maximum Gasteiger partial charge on any atom is 0.124 e. The molecule has 84 valence electrons. The molecule has 0 bridgehead atoms. The third-order valence-corrected chi connectivity index (χ3v) is 2.05. The first-order chi connectivity index (χ1) is 7.15. The minimum Gasteiger partial charge on any atom is -0.490 e. The molecule has 0 heterocycles. The summed E-state index contributed by atoms with van der Waals surface area (Å²) < 4.78 is 5.36. The maximum atomic E-state index is 9.14. The normalized spacial score (nSPS) is 14.7. The van der Waals surface area contributed by atoms with Crippen LogP contribution in [0.15, 0.2) is 24.3 Å². The van der Waals surface area contributed by atoms with Crippen molar-refractivity contribution in [3.8, 4) is 5.75 Å². The second kappa shape index (κ2) is 5.70. The van der Waals surface area contributed by atoms with E-state index in [-0.39, 0.29) is 19.3 Å². The van der Waals surface area contributed by atoms with Crippen molar-refractivity contribution in [2.45, 2.75) is 19.1 Å².